The molecule has 0 aliphatic heterocycles. The summed E-state index contributed by atoms with van der Waals surface area (Å²) >= 11 is 0. The quantitative estimate of drug-likeness (QED) is 0.824. The number of carbonyl (C=O) groups excluding carboxylic acids is 1. The summed E-state index contributed by atoms with van der Waals surface area (Å²) in [6.07, 6.45) is 8.07. The Hall–Kier alpha value is -1.42. The lowest BCUT2D eigenvalue weighted by molar-refractivity contribution is -0.124. The number of nitrogens with one attached hydrogen (secondary N) is 1. The molecule has 2 rings (SSSR count). The lowest BCUT2D eigenvalue weighted by Crippen LogP contribution is -2.53. The van der Waals surface area contributed by atoms with Gasteiger partial charge in [-0.1, -0.05) is 18.9 Å². The fraction of sp³-hybridized carbons (Fsp3) is 0.538. The van der Waals surface area contributed by atoms with Crippen molar-refractivity contribution in [3.05, 3.63) is 30.1 Å². The second-order valence-corrected chi connectivity index (χ2v) is 4.86. The molecule has 0 radical (unpaired) electrons. The van der Waals surface area contributed by atoms with Crippen LogP contribution in [0.15, 0.2) is 24.5 Å². The van der Waals surface area contributed by atoms with Crippen LogP contribution in [0.4, 0.5) is 0 Å². The summed E-state index contributed by atoms with van der Waals surface area (Å²) in [6.45, 7) is 1.84. The third-order valence-corrected chi connectivity index (χ3v) is 3.58. The number of hydrogen-bond donors (Lipinski definition) is 2. The van der Waals surface area contributed by atoms with Crippen LogP contribution in [0, 0.1) is 0 Å². The SMILES string of the molecule is CC(NC1CCCC1)(C(N)=O)c1cccnc1. The first kappa shape index (κ1) is 12.0. The number of carbonyl (C=O) groups is 1. The molecule has 3 N–H and O–H groups in total. The Balaban J connectivity index is 2.23. The molecule has 1 aromatic rings. The van der Waals surface area contributed by atoms with Gasteiger partial charge in [-0.15, -0.1) is 0 Å². The molecule has 1 aromatic heterocycles. The van der Waals surface area contributed by atoms with Crippen molar-refractivity contribution >= 4 is 5.91 Å². The fourth-order valence-electron chi connectivity index (χ4n) is 2.43. The predicted octanol–water partition coefficient (Wildman–Crippen LogP) is 1.31. The van der Waals surface area contributed by atoms with Crippen LogP contribution in [0.5, 0.6) is 0 Å². The second kappa shape index (κ2) is 4.84. The molecule has 1 aliphatic carbocycles. The maximum absolute atomic E-state index is 11.7. The van der Waals surface area contributed by atoms with Crippen molar-refractivity contribution in [2.45, 2.75) is 44.2 Å². The number of aromatic nitrogens is 1. The van der Waals surface area contributed by atoms with Crippen LogP contribution in [0.3, 0.4) is 0 Å². The van der Waals surface area contributed by atoms with E-state index in [0.717, 1.165) is 18.4 Å². The van der Waals surface area contributed by atoms with Crippen LogP contribution >= 0.6 is 0 Å². The molecule has 1 aliphatic rings. The number of rotatable bonds is 4. The van der Waals surface area contributed by atoms with Gasteiger partial charge in [0, 0.05) is 18.4 Å². The molecule has 4 nitrogen and oxygen atoms in total. The molecule has 1 fully saturated rings. The standard InChI is InChI=1S/C13H19N3O/c1-13(12(14)17,10-5-4-8-15-9-10)16-11-6-2-3-7-11/h4-5,8-9,11,16H,2-3,6-7H2,1H3,(H2,14,17). The summed E-state index contributed by atoms with van der Waals surface area (Å²) in [5, 5.41) is 3.39. The van der Waals surface area contributed by atoms with Gasteiger partial charge >= 0.3 is 0 Å². The minimum absolute atomic E-state index is 0.350. The van der Waals surface area contributed by atoms with Crippen LogP contribution in [0.1, 0.15) is 38.2 Å². The Morgan fingerprint density at radius 2 is 2.24 bits per heavy atom. The Labute approximate surface area is 102 Å². The van der Waals surface area contributed by atoms with E-state index in [9.17, 15) is 4.79 Å². The molecule has 92 valence electrons. The van der Waals surface area contributed by atoms with Crippen LogP contribution in [0.25, 0.3) is 0 Å². The van der Waals surface area contributed by atoms with Gasteiger partial charge in [-0.3, -0.25) is 15.1 Å². The van der Waals surface area contributed by atoms with Gasteiger partial charge in [0.2, 0.25) is 5.91 Å². The van der Waals surface area contributed by atoms with E-state index in [2.05, 4.69) is 10.3 Å². The molecule has 1 saturated carbocycles. The molecule has 0 bridgehead atoms. The molecule has 17 heavy (non-hydrogen) atoms. The maximum Gasteiger partial charge on any atom is 0.242 e. The molecule has 0 saturated heterocycles. The van der Waals surface area contributed by atoms with Crippen molar-refractivity contribution in [3.8, 4) is 0 Å². The van der Waals surface area contributed by atoms with E-state index in [1.807, 2.05) is 19.1 Å². The van der Waals surface area contributed by atoms with Crippen molar-refractivity contribution in [3.63, 3.8) is 0 Å². The first-order valence-electron chi connectivity index (χ1n) is 6.11. The Kier molecular flexibility index (Phi) is 3.43. The summed E-state index contributed by atoms with van der Waals surface area (Å²) < 4.78 is 0. The summed E-state index contributed by atoms with van der Waals surface area (Å²) in [6, 6.07) is 4.10. The summed E-state index contributed by atoms with van der Waals surface area (Å²) in [4.78, 5) is 15.8. The van der Waals surface area contributed by atoms with E-state index in [1.165, 1.54) is 12.8 Å². The summed E-state index contributed by atoms with van der Waals surface area (Å²) in [5.41, 5.74) is 5.57. The van der Waals surface area contributed by atoms with Crippen molar-refractivity contribution in [2.75, 3.05) is 0 Å². The molecular weight excluding hydrogens is 214 g/mol. The topological polar surface area (TPSA) is 68.0 Å². The monoisotopic (exact) mass is 233 g/mol. The second-order valence-electron chi connectivity index (χ2n) is 4.86. The van der Waals surface area contributed by atoms with Crippen LogP contribution in [0.2, 0.25) is 0 Å². The van der Waals surface area contributed by atoms with Gasteiger partial charge in [-0.25, -0.2) is 0 Å². The number of pyridine rings is 1. The average Bonchev–Trinajstić information content (AvgIpc) is 2.82. The van der Waals surface area contributed by atoms with Gasteiger partial charge in [0.1, 0.15) is 5.54 Å². The number of nitrogens with two attached hydrogens (primary N) is 1. The molecule has 1 atom stereocenters. The highest BCUT2D eigenvalue weighted by molar-refractivity contribution is 5.85. The van der Waals surface area contributed by atoms with Crippen LogP contribution < -0.4 is 11.1 Å². The molecule has 4 heteroatoms. The maximum atomic E-state index is 11.7. The smallest absolute Gasteiger partial charge is 0.242 e. The zero-order chi connectivity index (χ0) is 12.3. The highest BCUT2D eigenvalue weighted by Gasteiger charge is 2.36. The van der Waals surface area contributed by atoms with E-state index in [4.69, 9.17) is 5.73 Å². The zero-order valence-electron chi connectivity index (χ0n) is 10.1. The lowest BCUT2D eigenvalue weighted by atomic mass is 9.91. The average molecular weight is 233 g/mol. The summed E-state index contributed by atoms with van der Waals surface area (Å²) in [7, 11) is 0. The number of amides is 1. The third-order valence-electron chi connectivity index (χ3n) is 3.58. The highest BCUT2D eigenvalue weighted by atomic mass is 16.1. The Bertz CT molecular complexity index is 387. The Morgan fingerprint density at radius 1 is 1.53 bits per heavy atom. The largest absolute Gasteiger partial charge is 0.368 e. The van der Waals surface area contributed by atoms with Gasteiger partial charge in [0.15, 0.2) is 0 Å². The molecule has 1 heterocycles. The lowest BCUT2D eigenvalue weighted by Gasteiger charge is -2.31. The molecule has 1 unspecified atom stereocenters. The van der Waals surface area contributed by atoms with Crippen LogP contribution in [-0.2, 0) is 10.3 Å². The van der Waals surface area contributed by atoms with Gasteiger partial charge < -0.3 is 5.73 Å². The molecular formula is C13H19N3O. The van der Waals surface area contributed by atoms with Crippen LogP contribution in [-0.4, -0.2) is 16.9 Å². The zero-order valence-corrected chi connectivity index (χ0v) is 10.1. The fourth-order valence-corrected chi connectivity index (χ4v) is 2.43. The summed E-state index contributed by atoms with van der Waals surface area (Å²) in [5.74, 6) is -0.350. The minimum atomic E-state index is -0.816. The van der Waals surface area contributed by atoms with E-state index >= 15 is 0 Å². The van der Waals surface area contributed by atoms with Crippen molar-refractivity contribution in [1.82, 2.24) is 10.3 Å². The van der Waals surface area contributed by atoms with Crippen molar-refractivity contribution < 1.29 is 4.79 Å². The van der Waals surface area contributed by atoms with E-state index < -0.39 is 5.54 Å². The predicted molar refractivity (Wildman–Crippen MR) is 66.2 cm³/mol. The first-order chi connectivity index (χ1) is 8.13. The number of nitrogens with zero attached hydrogens (tertiary/aromatic N) is 1. The molecule has 1 amide bonds. The van der Waals surface area contributed by atoms with E-state index in [0.29, 0.717) is 6.04 Å². The number of hydrogen-bond acceptors (Lipinski definition) is 3. The van der Waals surface area contributed by atoms with Gasteiger partial charge in [0.05, 0.1) is 0 Å². The highest BCUT2D eigenvalue weighted by Crippen LogP contribution is 2.25. The minimum Gasteiger partial charge on any atom is -0.368 e. The number of primary amides is 1. The van der Waals surface area contributed by atoms with E-state index in [-0.39, 0.29) is 5.91 Å². The van der Waals surface area contributed by atoms with Crippen molar-refractivity contribution in [1.29, 1.82) is 0 Å². The third kappa shape index (κ3) is 2.47. The molecule has 0 aromatic carbocycles. The van der Waals surface area contributed by atoms with E-state index in [1.54, 1.807) is 12.4 Å². The molecule has 0 spiro atoms. The van der Waals surface area contributed by atoms with Crippen molar-refractivity contribution in [2.24, 2.45) is 5.73 Å². The van der Waals surface area contributed by atoms with Gasteiger partial charge in [-0.2, -0.15) is 0 Å². The van der Waals surface area contributed by atoms with Gasteiger partial charge in [0.25, 0.3) is 0 Å². The Morgan fingerprint density at radius 3 is 2.76 bits per heavy atom. The van der Waals surface area contributed by atoms with Gasteiger partial charge in [-0.05, 0) is 31.4 Å². The normalized spacial score (nSPS) is 20.1. The first-order valence-corrected chi connectivity index (χ1v) is 6.11.